The lowest BCUT2D eigenvalue weighted by Gasteiger charge is -2.15. The van der Waals surface area contributed by atoms with Gasteiger partial charge in [0.25, 0.3) is 5.91 Å². The highest BCUT2D eigenvalue weighted by Gasteiger charge is 2.15. The fraction of sp³-hybridized carbons (Fsp3) is 0.167. The largest absolute Gasteiger partial charge is 0.490 e. The summed E-state index contributed by atoms with van der Waals surface area (Å²) in [4.78, 5) is 16.0. The van der Waals surface area contributed by atoms with Gasteiger partial charge in [-0.05, 0) is 54.8 Å². The monoisotopic (exact) mass is 568 g/mol. The Bertz CT molecular complexity index is 1580. The second kappa shape index (κ2) is 12.6. The van der Waals surface area contributed by atoms with Gasteiger partial charge in [-0.1, -0.05) is 52.3 Å². The van der Waals surface area contributed by atoms with E-state index in [1.165, 1.54) is 6.08 Å². The van der Waals surface area contributed by atoms with Gasteiger partial charge >= 0.3 is 0 Å². The van der Waals surface area contributed by atoms with Crippen LogP contribution >= 0.6 is 15.9 Å². The van der Waals surface area contributed by atoms with Gasteiger partial charge in [-0.2, -0.15) is 10.5 Å². The van der Waals surface area contributed by atoms with Crippen molar-refractivity contribution in [3.05, 3.63) is 99.2 Å². The molecule has 1 amide bonds. The topological polar surface area (TPSA) is 111 Å². The number of carbonyl (C=O) groups is 1. The molecule has 0 atom stereocenters. The molecular weight excluding hydrogens is 544 g/mol. The Morgan fingerprint density at radius 3 is 2.61 bits per heavy atom. The molecule has 8 heteroatoms. The molecule has 2 N–H and O–H groups in total. The van der Waals surface area contributed by atoms with Crippen molar-refractivity contribution in [1.29, 1.82) is 10.5 Å². The Balaban J connectivity index is 1.47. The predicted octanol–water partition coefficient (Wildman–Crippen LogP) is 6.05. The Hall–Kier alpha value is -4.53. The number of halogens is 1. The highest BCUT2D eigenvalue weighted by Crippen LogP contribution is 2.35. The molecule has 1 heterocycles. The highest BCUT2D eigenvalue weighted by atomic mass is 79.9. The Morgan fingerprint density at radius 1 is 1.05 bits per heavy atom. The van der Waals surface area contributed by atoms with Crippen LogP contribution in [0, 0.1) is 22.7 Å². The summed E-state index contributed by atoms with van der Waals surface area (Å²) in [6, 6.07) is 22.8. The van der Waals surface area contributed by atoms with Crippen LogP contribution in [0.15, 0.2) is 76.9 Å². The summed E-state index contributed by atoms with van der Waals surface area (Å²) in [6.45, 7) is 2.83. The Morgan fingerprint density at radius 2 is 1.82 bits per heavy atom. The number of benzene rings is 3. The summed E-state index contributed by atoms with van der Waals surface area (Å²) >= 11 is 3.52. The van der Waals surface area contributed by atoms with E-state index in [1.807, 2.05) is 55.6 Å². The maximum absolute atomic E-state index is 12.8. The molecule has 0 aliphatic rings. The number of para-hydroxylation sites is 1. The lowest BCUT2D eigenvalue weighted by atomic mass is 10.1. The van der Waals surface area contributed by atoms with Crippen LogP contribution in [0.25, 0.3) is 17.0 Å². The maximum Gasteiger partial charge on any atom is 0.261 e. The first-order chi connectivity index (χ1) is 18.5. The third kappa shape index (κ3) is 6.23. The van der Waals surface area contributed by atoms with Gasteiger partial charge < -0.3 is 19.8 Å². The van der Waals surface area contributed by atoms with E-state index in [4.69, 9.17) is 9.47 Å². The van der Waals surface area contributed by atoms with Crippen molar-refractivity contribution in [1.82, 2.24) is 10.3 Å². The third-order valence-corrected chi connectivity index (χ3v) is 6.59. The van der Waals surface area contributed by atoms with Crippen molar-refractivity contribution >= 4 is 38.8 Å². The van der Waals surface area contributed by atoms with Crippen molar-refractivity contribution in [2.75, 3.05) is 13.2 Å². The van der Waals surface area contributed by atoms with E-state index in [2.05, 4.69) is 32.3 Å². The quantitative estimate of drug-likeness (QED) is 0.179. The number of nitrogens with zero attached hydrogens (tertiary/aromatic N) is 2. The van der Waals surface area contributed by atoms with E-state index < -0.39 is 5.91 Å². The van der Waals surface area contributed by atoms with Gasteiger partial charge in [0, 0.05) is 33.7 Å². The molecule has 4 rings (SSSR count). The van der Waals surface area contributed by atoms with Crippen LogP contribution in [0.5, 0.6) is 11.5 Å². The Kier molecular flexibility index (Phi) is 8.81. The van der Waals surface area contributed by atoms with E-state index in [1.54, 1.807) is 24.3 Å². The van der Waals surface area contributed by atoms with E-state index in [0.29, 0.717) is 46.7 Å². The van der Waals surface area contributed by atoms with E-state index in [0.717, 1.165) is 22.0 Å². The number of aromatic nitrogens is 1. The first-order valence-corrected chi connectivity index (χ1v) is 12.9. The summed E-state index contributed by atoms with van der Waals surface area (Å²) in [5.74, 6) is 0.490. The number of amides is 1. The summed E-state index contributed by atoms with van der Waals surface area (Å²) in [6.07, 6.45) is 4.09. The maximum atomic E-state index is 12.8. The van der Waals surface area contributed by atoms with Crippen molar-refractivity contribution in [2.24, 2.45) is 0 Å². The summed E-state index contributed by atoms with van der Waals surface area (Å²) in [5.41, 5.74) is 4.01. The minimum atomic E-state index is -0.453. The Labute approximate surface area is 229 Å². The molecule has 4 aromatic rings. The fourth-order valence-electron chi connectivity index (χ4n) is 4.00. The van der Waals surface area contributed by atoms with E-state index in [9.17, 15) is 15.3 Å². The minimum absolute atomic E-state index is 0.0244. The average Bonchev–Trinajstić information content (AvgIpc) is 3.35. The average molecular weight is 569 g/mol. The third-order valence-electron chi connectivity index (χ3n) is 5.90. The molecule has 1 aromatic heterocycles. The zero-order chi connectivity index (χ0) is 26.9. The number of fused-ring (bicyclic) bond motifs is 1. The molecule has 0 unspecified atom stereocenters. The van der Waals surface area contributed by atoms with Crippen LogP contribution in [0.4, 0.5) is 0 Å². The van der Waals surface area contributed by atoms with Gasteiger partial charge in [0.1, 0.15) is 18.2 Å². The normalized spacial score (nSPS) is 11.0. The molecule has 0 spiro atoms. The predicted molar refractivity (Wildman–Crippen MR) is 149 cm³/mol. The standard InChI is InChI=1S/C30H25BrN4O3/c1-2-37-28-14-23(26(31)15-29(28)38-19-22-8-4-3-7-20(22)16-32)13-24(17-33)30(36)34-12-11-21-18-35-27-10-6-5-9-25(21)27/h3-10,13-15,18,35H,2,11-12,19H2,1H3,(H,34,36)/b24-13-. The molecule has 0 radical (unpaired) electrons. The number of aromatic amines is 1. The van der Waals surface area contributed by atoms with Gasteiger partial charge in [0.2, 0.25) is 0 Å². The van der Waals surface area contributed by atoms with Gasteiger partial charge in [0.15, 0.2) is 11.5 Å². The van der Waals surface area contributed by atoms with Crippen LogP contribution in [-0.2, 0) is 17.8 Å². The zero-order valence-electron chi connectivity index (χ0n) is 20.8. The number of H-pyrrole nitrogens is 1. The molecule has 3 aromatic carbocycles. The van der Waals surface area contributed by atoms with E-state index >= 15 is 0 Å². The molecule has 0 aliphatic carbocycles. The molecule has 0 bridgehead atoms. The SMILES string of the molecule is CCOc1cc(/C=C(/C#N)C(=O)NCCc2c[nH]c3ccccc23)c(Br)cc1OCc1ccccc1C#N. The molecular formula is C30H25BrN4O3. The molecule has 0 aliphatic heterocycles. The summed E-state index contributed by atoms with van der Waals surface area (Å²) in [5, 5.41) is 23.0. The molecule has 38 heavy (non-hydrogen) atoms. The molecule has 190 valence electrons. The number of hydrogen-bond acceptors (Lipinski definition) is 5. The van der Waals surface area contributed by atoms with Gasteiger partial charge in [-0.25, -0.2) is 0 Å². The van der Waals surface area contributed by atoms with Crippen molar-refractivity contribution in [2.45, 2.75) is 20.0 Å². The van der Waals surface area contributed by atoms with Crippen molar-refractivity contribution in [3.8, 4) is 23.6 Å². The lowest BCUT2D eigenvalue weighted by molar-refractivity contribution is -0.117. The second-order valence-corrected chi connectivity index (χ2v) is 9.20. The first kappa shape index (κ1) is 26.5. The zero-order valence-corrected chi connectivity index (χ0v) is 22.3. The highest BCUT2D eigenvalue weighted by molar-refractivity contribution is 9.10. The number of nitriles is 2. The number of rotatable bonds is 10. The van der Waals surface area contributed by atoms with Crippen LogP contribution in [0.3, 0.4) is 0 Å². The number of hydrogen-bond donors (Lipinski definition) is 2. The second-order valence-electron chi connectivity index (χ2n) is 8.35. The smallest absolute Gasteiger partial charge is 0.261 e. The number of nitrogens with one attached hydrogen (secondary N) is 2. The molecule has 7 nitrogen and oxygen atoms in total. The van der Waals surface area contributed by atoms with Crippen LogP contribution in [0.2, 0.25) is 0 Å². The minimum Gasteiger partial charge on any atom is -0.490 e. The summed E-state index contributed by atoms with van der Waals surface area (Å²) < 4.78 is 12.4. The summed E-state index contributed by atoms with van der Waals surface area (Å²) in [7, 11) is 0. The van der Waals surface area contributed by atoms with Gasteiger partial charge in [0.05, 0.1) is 18.2 Å². The van der Waals surface area contributed by atoms with Gasteiger partial charge in [-0.3, -0.25) is 4.79 Å². The van der Waals surface area contributed by atoms with Crippen molar-refractivity contribution in [3.63, 3.8) is 0 Å². The van der Waals surface area contributed by atoms with E-state index in [-0.39, 0.29) is 12.2 Å². The van der Waals surface area contributed by atoms with Gasteiger partial charge in [-0.15, -0.1) is 0 Å². The van der Waals surface area contributed by atoms with Crippen LogP contribution in [0.1, 0.15) is 29.2 Å². The number of carbonyl (C=O) groups excluding carboxylic acids is 1. The lowest BCUT2D eigenvalue weighted by Crippen LogP contribution is -2.26. The molecule has 0 fully saturated rings. The van der Waals surface area contributed by atoms with Crippen LogP contribution < -0.4 is 14.8 Å². The number of ether oxygens (including phenoxy) is 2. The first-order valence-electron chi connectivity index (χ1n) is 12.1. The van der Waals surface area contributed by atoms with Crippen molar-refractivity contribution < 1.29 is 14.3 Å². The fourth-order valence-corrected chi connectivity index (χ4v) is 4.44. The molecule has 0 saturated heterocycles. The van der Waals surface area contributed by atoms with Crippen LogP contribution in [-0.4, -0.2) is 24.0 Å². The molecule has 0 saturated carbocycles.